The molecular weight excluding hydrogens is 581 g/mol. The molecule has 0 aliphatic carbocycles. The van der Waals surface area contributed by atoms with Gasteiger partial charge >= 0.3 is 6.09 Å². The second-order valence-corrected chi connectivity index (χ2v) is 12.2. The fraction of sp³-hybridized carbons (Fsp3) is 0.351. The molecule has 4 heterocycles. The summed E-state index contributed by atoms with van der Waals surface area (Å²) in [5.41, 5.74) is 10.6. The maximum atomic E-state index is 13.7. The van der Waals surface area contributed by atoms with E-state index in [-0.39, 0.29) is 11.8 Å². The Morgan fingerprint density at radius 1 is 1.13 bits per heavy atom. The Morgan fingerprint density at radius 2 is 1.96 bits per heavy atom. The molecule has 0 bridgehead atoms. The number of halogens is 1. The van der Waals surface area contributed by atoms with Crippen LogP contribution < -0.4 is 10.1 Å². The van der Waals surface area contributed by atoms with E-state index in [1.54, 1.807) is 6.20 Å². The predicted octanol–water partition coefficient (Wildman–Crippen LogP) is 8.61. The molecular formula is C37H40FN5O3. The Balaban J connectivity index is 1.24. The van der Waals surface area contributed by atoms with Crippen LogP contribution in [-0.2, 0) is 17.6 Å². The van der Waals surface area contributed by atoms with E-state index in [9.17, 15) is 9.18 Å². The summed E-state index contributed by atoms with van der Waals surface area (Å²) < 4.78 is 24.7. The van der Waals surface area contributed by atoms with Crippen molar-refractivity contribution in [2.45, 2.75) is 59.3 Å². The van der Waals surface area contributed by atoms with E-state index < -0.39 is 6.09 Å². The van der Waals surface area contributed by atoms with Gasteiger partial charge in [-0.15, -0.1) is 0 Å². The lowest BCUT2D eigenvalue weighted by molar-refractivity contribution is 0.186. The average Bonchev–Trinajstić information content (AvgIpc) is 3.39. The first-order valence-electron chi connectivity index (χ1n) is 16.0. The molecule has 8 nitrogen and oxygen atoms in total. The van der Waals surface area contributed by atoms with Crippen LogP contribution in [0.4, 0.5) is 15.1 Å². The number of rotatable bonds is 7. The summed E-state index contributed by atoms with van der Waals surface area (Å²) in [5.74, 6) is 1.83. The molecule has 0 fully saturated rings. The minimum absolute atomic E-state index is 0.217. The van der Waals surface area contributed by atoms with Gasteiger partial charge in [0.2, 0.25) is 5.95 Å². The summed E-state index contributed by atoms with van der Waals surface area (Å²) in [4.78, 5) is 28.3. The number of ether oxygens (including phenoxy) is 2. The lowest BCUT2D eigenvalue weighted by Crippen LogP contribution is -2.22. The summed E-state index contributed by atoms with van der Waals surface area (Å²) in [7, 11) is 1.30. The molecule has 2 aromatic heterocycles. The highest BCUT2D eigenvalue weighted by molar-refractivity contribution is 5.86. The van der Waals surface area contributed by atoms with Gasteiger partial charge in [-0.05, 0) is 109 Å². The van der Waals surface area contributed by atoms with Crippen molar-refractivity contribution >= 4 is 29.4 Å². The second-order valence-electron chi connectivity index (χ2n) is 12.2. The van der Waals surface area contributed by atoms with Gasteiger partial charge in [0.25, 0.3) is 0 Å². The third kappa shape index (κ3) is 6.88. The van der Waals surface area contributed by atoms with Crippen molar-refractivity contribution < 1.29 is 18.7 Å². The number of allylic oxidation sites excluding steroid dienone is 4. The van der Waals surface area contributed by atoms with Crippen molar-refractivity contribution in [3.05, 3.63) is 94.1 Å². The zero-order chi connectivity index (χ0) is 32.2. The third-order valence-corrected chi connectivity index (χ3v) is 9.27. The molecule has 4 aromatic rings. The van der Waals surface area contributed by atoms with Crippen LogP contribution in [0.2, 0.25) is 0 Å². The van der Waals surface area contributed by atoms with Gasteiger partial charge in [0.15, 0.2) is 5.65 Å². The molecule has 2 aliphatic heterocycles. The first-order valence-corrected chi connectivity index (χ1v) is 16.0. The highest BCUT2D eigenvalue weighted by atomic mass is 19.1. The molecule has 0 spiro atoms. The third-order valence-electron chi connectivity index (χ3n) is 9.27. The van der Waals surface area contributed by atoms with Crippen LogP contribution in [0.5, 0.6) is 5.75 Å². The number of hydrogen-bond donors (Lipinski definition) is 2. The van der Waals surface area contributed by atoms with Gasteiger partial charge in [0.05, 0.1) is 19.2 Å². The highest BCUT2D eigenvalue weighted by Crippen LogP contribution is 2.39. The van der Waals surface area contributed by atoms with Crippen LogP contribution in [0.1, 0.15) is 57.6 Å². The van der Waals surface area contributed by atoms with Gasteiger partial charge in [-0.3, -0.25) is 10.3 Å². The first kappa shape index (κ1) is 31.2. The molecule has 0 saturated heterocycles. The molecule has 2 atom stereocenters. The Morgan fingerprint density at radius 3 is 2.74 bits per heavy atom. The van der Waals surface area contributed by atoms with E-state index in [4.69, 9.17) is 9.73 Å². The first-order chi connectivity index (χ1) is 22.3. The number of carbonyl (C=O) groups excluding carboxylic acids is 1. The number of carbonyl (C=O) groups is 1. The van der Waals surface area contributed by atoms with Crippen LogP contribution >= 0.6 is 0 Å². The van der Waals surface area contributed by atoms with Crippen molar-refractivity contribution in [1.82, 2.24) is 15.0 Å². The summed E-state index contributed by atoms with van der Waals surface area (Å²) in [6.07, 6.45) is 8.63. The summed E-state index contributed by atoms with van der Waals surface area (Å²) in [6, 6.07) is 15.2. The molecule has 238 valence electrons. The number of pyridine rings is 1. The zero-order valence-electron chi connectivity index (χ0n) is 26.8. The lowest BCUT2D eigenvalue weighted by Gasteiger charge is -2.30. The molecule has 46 heavy (non-hydrogen) atoms. The van der Waals surface area contributed by atoms with Gasteiger partial charge < -0.3 is 14.5 Å². The summed E-state index contributed by atoms with van der Waals surface area (Å²) in [5, 5.41) is 2.55. The van der Waals surface area contributed by atoms with Gasteiger partial charge in [0, 0.05) is 30.1 Å². The van der Waals surface area contributed by atoms with E-state index in [1.165, 1.54) is 41.5 Å². The quantitative estimate of drug-likeness (QED) is 0.215. The number of amides is 1. The van der Waals surface area contributed by atoms with Crippen molar-refractivity contribution in [2.24, 2.45) is 16.8 Å². The topological polar surface area (TPSA) is 101 Å². The summed E-state index contributed by atoms with van der Waals surface area (Å²) >= 11 is 0. The van der Waals surface area contributed by atoms with Crippen molar-refractivity contribution in [2.75, 3.05) is 19.0 Å². The minimum Gasteiger partial charge on any atom is -0.493 e. The van der Waals surface area contributed by atoms with Crippen molar-refractivity contribution in [3.63, 3.8) is 0 Å². The van der Waals surface area contributed by atoms with E-state index in [0.717, 1.165) is 66.7 Å². The molecule has 9 heteroatoms. The number of hydrogen-bond acceptors (Lipinski definition) is 6. The molecule has 2 aromatic carbocycles. The Labute approximate surface area is 268 Å². The normalized spacial score (nSPS) is 18.5. The Kier molecular flexibility index (Phi) is 9.28. The number of anilines is 1. The number of fused-ring (bicyclic) bond motifs is 2. The van der Waals surface area contributed by atoms with E-state index in [1.807, 2.05) is 24.4 Å². The largest absolute Gasteiger partial charge is 0.493 e. The van der Waals surface area contributed by atoms with Gasteiger partial charge in [-0.1, -0.05) is 37.6 Å². The molecule has 6 rings (SSSR count). The number of nitrogens with one attached hydrogen (secondary N) is 2. The fourth-order valence-corrected chi connectivity index (χ4v) is 6.60. The molecule has 2 N–H and O–H groups in total. The van der Waals surface area contributed by atoms with Gasteiger partial charge in [0.1, 0.15) is 11.6 Å². The van der Waals surface area contributed by atoms with E-state index in [0.29, 0.717) is 29.6 Å². The number of aromatic amines is 1. The van der Waals surface area contributed by atoms with Crippen LogP contribution in [0, 0.1) is 17.7 Å². The maximum absolute atomic E-state index is 13.7. The van der Waals surface area contributed by atoms with Crippen LogP contribution in [0.3, 0.4) is 0 Å². The molecule has 2 unspecified atom stereocenters. The van der Waals surface area contributed by atoms with Gasteiger partial charge in [-0.2, -0.15) is 4.98 Å². The average molecular weight is 622 g/mol. The monoisotopic (exact) mass is 621 g/mol. The molecule has 1 amide bonds. The molecule has 2 aliphatic rings. The number of imidazole rings is 1. The Hall–Kier alpha value is -4.79. The minimum atomic E-state index is -0.599. The lowest BCUT2D eigenvalue weighted by atomic mass is 9.77. The summed E-state index contributed by atoms with van der Waals surface area (Å²) in [6.45, 7) is 7.34. The number of aromatic nitrogens is 3. The van der Waals surface area contributed by atoms with Crippen molar-refractivity contribution in [1.29, 1.82) is 0 Å². The number of aliphatic imine (C=N–C) groups is 1. The van der Waals surface area contributed by atoms with Crippen molar-refractivity contribution in [3.8, 4) is 16.9 Å². The van der Waals surface area contributed by atoms with Gasteiger partial charge in [-0.25, -0.2) is 14.2 Å². The number of benzene rings is 2. The number of H-pyrrole nitrogens is 1. The standard InChI is InChI=1S/C37H40FN5O3/c1-5-25-12-14-39-23(3)31(17-24-6-9-30(38)10-7-24)32(25)19-26-13-15-46-34-11-8-27(18-28(34)16-22(26)2)29-20-33-35(40-21-29)42-36(41-33)43-37(44)45-4/h6-11,14,18,20-22,26H,5,12-13,15-17,19H2,1-4H3,(H2,40,41,42,43,44). The van der Waals surface area contributed by atoms with Crippen LogP contribution in [-0.4, -0.2) is 41.0 Å². The Bertz CT molecular complexity index is 1840. The maximum Gasteiger partial charge on any atom is 0.413 e. The second kappa shape index (κ2) is 13.7. The zero-order valence-corrected chi connectivity index (χ0v) is 26.8. The predicted molar refractivity (Wildman–Crippen MR) is 180 cm³/mol. The molecule has 0 saturated carbocycles. The number of nitrogens with zero attached hydrogens (tertiary/aromatic N) is 3. The number of methoxy groups -OCH3 is 1. The van der Waals surface area contributed by atoms with Crippen LogP contribution in [0.15, 0.2) is 82.1 Å². The van der Waals surface area contributed by atoms with Crippen LogP contribution in [0.25, 0.3) is 22.3 Å². The van der Waals surface area contributed by atoms with E-state index in [2.05, 4.69) is 64.0 Å². The SMILES string of the molecule is CCC1=C(CC2CCOc3ccc(-c4cnc5nc(NC(=O)OC)[nH]c5c4)cc3CC2C)C(Cc2ccc(F)cc2)=C(C)N=CC1. The smallest absolute Gasteiger partial charge is 0.413 e. The van der Waals surface area contributed by atoms with E-state index >= 15 is 0 Å². The fourth-order valence-electron chi connectivity index (χ4n) is 6.60. The molecule has 0 radical (unpaired) electrons. The highest BCUT2D eigenvalue weighted by Gasteiger charge is 2.27.